The van der Waals surface area contributed by atoms with E-state index < -0.39 is 0 Å². The number of hydrogen-bond acceptors (Lipinski definition) is 5. The van der Waals surface area contributed by atoms with Crippen LogP contribution in [0.2, 0.25) is 10.0 Å². The Morgan fingerprint density at radius 1 is 1.08 bits per heavy atom. The number of nitrogens with one attached hydrogen (secondary N) is 1. The largest absolute Gasteiger partial charge is 0.486 e. The Labute approximate surface area is 220 Å². The van der Waals surface area contributed by atoms with Crippen molar-refractivity contribution in [3.63, 3.8) is 0 Å². The lowest BCUT2D eigenvalue weighted by atomic mass is 10.1. The Morgan fingerprint density at radius 3 is 2.53 bits per heavy atom. The maximum atomic E-state index is 9.69. The Kier molecular flexibility index (Phi) is 7.58. The Bertz CT molecular complexity index is 1340. The van der Waals surface area contributed by atoms with Gasteiger partial charge < -0.3 is 9.84 Å². The maximum Gasteiger partial charge on any atom is 0.124 e. The number of hydrogen-bond donors (Lipinski definition) is 2. The van der Waals surface area contributed by atoms with Crippen LogP contribution in [-0.4, -0.2) is 44.4 Å². The molecule has 6 nitrogen and oxygen atoms in total. The number of nitrogens with zero attached hydrogens (tertiary/aromatic N) is 3. The number of ether oxygens (including phenoxy) is 1. The van der Waals surface area contributed by atoms with E-state index in [4.69, 9.17) is 27.9 Å². The number of aromatic nitrogens is 3. The lowest BCUT2D eigenvalue weighted by molar-refractivity contribution is 0.0792. The molecule has 0 aliphatic carbocycles. The second-order valence-electron chi connectivity index (χ2n) is 9.18. The van der Waals surface area contributed by atoms with Crippen molar-refractivity contribution >= 4 is 46.3 Å². The van der Waals surface area contributed by atoms with E-state index in [0.717, 1.165) is 54.6 Å². The third kappa shape index (κ3) is 5.73. The predicted molar refractivity (Wildman–Crippen MR) is 145 cm³/mol. The molecule has 0 spiro atoms. The number of likely N-dealkylation sites (tertiary alicyclic amines) is 1. The zero-order valence-corrected chi connectivity index (χ0v) is 21.5. The molecule has 0 amide bonds. The molecule has 1 unspecified atom stereocenters. The fourth-order valence-electron chi connectivity index (χ4n) is 4.53. The molecule has 36 heavy (non-hydrogen) atoms. The van der Waals surface area contributed by atoms with E-state index in [2.05, 4.69) is 50.4 Å². The Balaban J connectivity index is 1.28. The van der Waals surface area contributed by atoms with Gasteiger partial charge in [0.1, 0.15) is 11.9 Å². The number of H-pyrrole nitrogens is 1. The molecule has 4 aromatic rings. The summed E-state index contributed by atoms with van der Waals surface area (Å²) >= 11 is 12.6. The summed E-state index contributed by atoms with van der Waals surface area (Å²) in [5.74, 6) is 0.699. The first-order valence-electron chi connectivity index (χ1n) is 12.1. The molecule has 1 aliphatic heterocycles. The molecule has 2 aromatic carbocycles. The summed E-state index contributed by atoms with van der Waals surface area (Å²) < 4.78 is 6.16. The number of rotatable bonds is 7. The van der Waals surface area contributed by atoms with Gasteiger partial charge in [0.25, 0.3) is 0 Å². The van der Waals surface area contributed by atoms with Crippen LogP contribution in [0.3, 0.4) is 0 Å². The van der Waals surface area contributed by atoms with Gasteiger partial charge in [0.2, 0.25) is 0 Å². The van der Waals surface area contributed by atoms with Gasteiger partial charge in [-0.1, -0.05) is 53.5 Å². The van der Waals surface area contributed by atoms with Gasteiger partial charge in [-0.25, -0.2) is 0 Å². The zero-order valence-electron chi connectivity index (χ0n) is 20.0. The van der Waals surface area contributed by atoms with Gasteiger partial charge in [0, 0.05) is 43.0 Å². The highest BCUT2D eigenvalue weighted by Crippen LogP contribution is 2.33. The molecule has 3 heterocycles. The van der Waals surface area contributed by atoms with Gasteiger partial charge in [0.05, 0.1) is 27.4 Å². The van der Waals surface area contributed by atoms with Gasteiger partial charge in [-0.15, -0.1) is 0 Å². The lowest BCUT2D eigenvalue weighted by Gasteiger charge is -2.29. The second kappa shape index (κ2) is 11.0. The number of halogens is 2. The molecule has 2 aromatic heterocycles. The Hall–Kier alpha value is -2.90. The van der Waals surface area contributed by atoms with Gasteiger partial charge >= 0.3 is 0 Å². The molecule has 0 bridgehead atoms. The minimum Gasteiger partial charge on any atom is -0.486 e. The Morgan fingerprint density at radius 2 is 1.81 bits per heavy atom. The number of pyridine rings is 1. The van der Waals surface area contributed by atoms with E-state index in [1.807, 2.05) is 31.2 Å². The van der Waals surface area contributed by atoms with Crippen LogP contribution in [0.5, 0.6) is 5.75 Å². The summed E-state index contributed by atoms with van der Waals surface area (Å²) in [5.41, 5.74) is 4.85. The van der Waals surface area contributed by atoms with Crippen molar-refractivity contribution in [1.29, 1.82) is 0 Å². The van der Waals surface area contributed by atoms with Crippen LogP contribution in [0, 0.1) is 0 Å². The monoisotopic (exact) mass is 522 g/mol. The van der Waals surface area contributed by atoms with Crippen LogP contribution in [0.4, 0.5) is 0 Å². The highest BCUT2D eigenvalue weighted by molar-refractivity contribution is 6.35. The maximum absolute atomic E-state index is 9.69. The number of fused-ring (bicyclic) bond motifs is 1. The van der Waals surface area contributed by atoms with Gasteiger partial charge in [0.15, 0.2) is 0 Å². The minimum atomic E-state index is -0.343. The van der Waals surface area contributed by atoms with E-state index in [9.17, 15) is 5.11 Å². The molecule has 5 rings (SSSR count). The summed E-state index contributed by atoms with van der Waals surface area (Å²) in [6.45, 7) is 4.72. The molecule has 8 heteroatoms. The smallest absolute Gasteiger partial charge is 0.124 e. The highest BCUT2D eigenvalue weighted by atomic mass is 35.5. The number of aliphatic hydroxyl groups excluding tert-OH is 1. The molecule has 1 saturated heterocycles. The molecular weight excluding hydrogens is 495 g/mol. The molecule has 2 N–H and O–H groups in total. The quantitative estimate of drug-likeness (QED) is 0.288. The number of benzene rings is 2. The molecule has 1 atom stereocenters. The summed E-state index contributed by atoms with van der Waals surface area (Å²) in [7, 11) is 0. The summed E-state index contributed by atoms with van der Waals surface area (Å²) in [6, 6.07) is 14.4. The average molecular weight is 523 g/mol. The average Bonchev–Trinajstić information content (AvgIpc) is 3.27. The van der Waals surface area contributed by atoms with Crippen LogP contribution in [-0.2, 0) is 6.54 Å². The molecular formula is C28H28Cl2N4O2. The minimum absolute atomic E-state index is 0.142. The van der Waals surface area contributed by atoms with Gasteiger partial charge in [-0.05, 0) is 55.2 Å². The zero-order chi connectivity index (χ0) is 25.1. The van der Waals surface area contributed by atoms with Crippen LogP contribution in [0.1, 0.15) is 48.3 Å². The molecule has 0 saturated carbocycles. The van der Waals surface area contributed by atoms with Gasteiger partial charge in [-0.3, -0.25) is 15.0 Å². The topological polar surface area (TPSA) is 74.3 Å². The SMILES string of the molecule is CC(Oc1ccc2[nH]nc(/C=C/c3ccc(CN4CCC(O)CC4)cc3)c2c1)c1c(Cl)cncc1Cl. The fraction of sp³-hybridized carbons (Fsp3) is 0.286. The highest BCUT2D eigenvalue weighted by Gasteiger charge is 2.18. The van der Waals surface area contributed by atoms with Crippen molar-refractivity contribution in [1.82, 2.24) is 20.1 Å². The summed E-state index contributed by atoms with van der Waals surface area (Å²) in [6.07, 6.45) is 8.42. The van der Waals surface area contributed by atoms with Crippen LogP contribution in [0.15, 0.2) is 54.9 Å². The van der Waals surface area contributed by atoms with Crippen molar-refractivity contribution in [3.05, 3.63) is 87.3 Å². The third-order valence-electron chi connectivity index (χ3n) is 6.55. The van der Waals surface area contributed by atoms with Crippen LogP contribution < -0.4 is 4.74 Å². The van der Waals surface area contributed by atoms with Crippen LogP contribution in [0.25, 0.3) is 23.1 Å². The van der Waals surface area contributed by atoms with E-state index in [-0.39, 0.29) is 12.2 Å². The van der Waals surface area contributed by atoms with Crippen molar-refractivity contribution in [2.24, 2.45) is 0 Å². The van der Waals surface area contributed by atoms with E-state index in [1.165, 1.54) is 5.56 Å². The standard InChI is InChI=1S/C28H28Cl2N4O2/c1-18(28-24(29)15-31-16-25(28)30)36-22-7-9-27-23(14-22)26(32-33-27)8-6-19-2-4-20(5-3-19)17-34-12-10-21(35)11-13-34/h2-9,14-16,18,21,35H,10-13,17H2,1H3,(H,32,33)/b8-6+. The normalized spacial score (nSPS) is 16.1. The molecule has 1 fully saturated rings. The third-order valence-corrected chi connectivity index (χ3v) is 7.15. The van der Waals surface area contributed by atoms with E-state index >= 15 is 0 Å². The van der Waals surface area contributed by atoms with Gasteiger partial charge in [-0.2, -0.15) is 5.10 Å². The second-order valence-corrected chi connectivity index (χ2v) is 9.99. The van der Waals surface area contributed by atoms with Crippen LogP contribution >= 0.6 is 23.2 Å². The lowest BCUT2D eigenvalue weighted by Crippen LogP contribution is -2.35. The van der Waals surface area contributed by atoms with E-state index in [1.54, 1.807) is 12.4 Å². The molecule has 1 aliphatic rings. The predicted octanol–water partition coefficient (Wildman–Crippen LogP) is 6.53. The first kappa shape index (κ1) is 24.8. The molecule has 186 valence electrons. The summed E-state index contributed by atoms with van der Waals surface area (Å²) in [5, 5.41) is 19.2. The van der Waals surface area contributed by atoms with E-state index in [0.29, 0.717) is 21.4 Å². The number of piperidine rings is 1. The summed E-state index contributed by atoms with van der Waals surface area (Å²) in [4.78, 5) is 6.40. The van der Waals surface area contributed by atoms with Crippen molar-refractivity contribution in [2.45, 2.75) is 38.5 Å². The van der Waals surface area contributed by atoms with Crippen molar-refractivity contribution in [2.75, 3.05) is 13.1 Å². The van der Waals surface area contributed by atoms with Crippen molar-refractivity contribution < 1.29 is 9.84 Å². The first-order valence-corrected chi connectivity index (χ1v) is 12.8. The fourth-order valence-corrected chi connectivity index (χ4v) is 5.20. The number of aromatic amines is 1. The first-order chi connectivity index (χ1) is 17.5. The van der Waals surface area contributed by atoms with Crippen molar-refractivity contribution in [3.8, 4) is 5.75 Å². The molecule has 0 radical (unpaired) electrons. The number of aliphatic hydroxyl groups is 1.